The van der Waals surface area contributed by atoms with E-state index in [0.717, 1.165) is 23.9 Å². The molecule has 1 aromatic heterocycles. The number of fused-ring (bicyclic) bond motifs is 1. The minimum Gasteiger partial charge on any atom is -0.338 e. The number of aryl methyl sites for hydroxylation is 2. The van der Waals surface area contributed by atoms with Crippen molar-refractivity contribution in [3.05, 3.63) is 21.4 Å². The Hall–Kier alpha value is -0.870. The van der Waals surface area contributed by atoms with Crippen molar-refractivity contribution in [2.75, 3.05) is 19.6 Å². The maximum atomic E-state index is 12.8. The van der Waals surface area contributed by atoms with Gasteiger partial charge in [0.05, 0.1) is 4.88 Å². The molecule has 1 amide bonds. The van der Waals surface area contributed by atoms with Crippen molar-refractivity contribution in [2.24, 2.45) is 5.92 Å². The van der Waals surface area contributed by atoms with E-state index in [1.807, 2.05) is 0 Å². The van der Waals surface area contributed by atoms with Gasteiger partial charge in [-0.3, -0.25) is 4.79 Å². The molecule has 2 fully saturated rings. The number of rotatable bonds is 2. The van der Waals surface area contributed by atoms with Crippen LogP contribution in [-0.2, 0) is 12.8 Å². The van der Waals surface area contributed by atoms with E-state index in [-0.39, 0.29) is 5.91 Å². The number of amides is 1. The van der Waals surface area contributed by atoms with E-state index >= 15 is 0 Å². The molecule has 3 nitrogen and oxygen atoms in total. The maximum absolute atomic E-state index is 12.8. The third-order valence-corrected chi connectivity index (χ3v) is 6.93. The van der Waals surface area contributed by atoms with Crippen LogP contribution in [0.15, 0.2) is 6.07 Å². The molecule has 1 aliphatic carbocycles. The van der Waals surface area contributed by atoms with Gasteiger partial charge in [-0.1, -0.05) is 0 Å². The van der Waals surface area contributed by atoms with Crippen molar-refractivity contribution in [3.8, 4) is 0 Å². The van der Waals surface area contributed by atoms with Gasteiger partial charge in [0.15, 0.2) is 0 Å². The summed E-state index contributed by atoms with van der Waals surface area (Å²) in [4.78, 5) is 17.3. The SMILES string of the molecule is O=C(c1cc2c(s1)CCCC2)N1CCC(C2CCCN2)CC1. The highest BCUT2D eigenvalue weighted by atomic mass is 32.1. The van der Waals surface area contributed by atoms with Gasteiger partial charge in [0.1, 0.15) is 0 Å². The van der Waals surface area contributed by atoms with Crippen LogP contribution in [0.25, 0.3) is 0 Å². The van der Waals surface area contributed by atoms with Gasteiger partial charge in [-0.15, -0.1) is 11.3 Å². The molecule has 3 aliphatic rings. The maximum Gasteiger partial charge on any atom is 0.263 e. The van der Waals surface area contributed by atoms with E-state index in [0.29, 0.717) is 6.04 Å². The van der Waals surface area contributed by atoms with Crippen LogP contribution >= 0.6 is 11.3 Å². The first-order valence-corrected chi connectivity index (χ1v) is 9.77. The average Bonchev–Trinajstić information content (AvgIpc) is 3.23. The topological polar surface area (TPSA) is 32.3 Å². The number of thiophene rings is 1. The fourth-order valence-electron chi connectivity index (χ4n) is 4.37. The van der Waals surface area contributed by atoms with E-state index in [1.54, 1.807) is 11.3 Å². The van der Waals surface area contributed by atoms with Crippen LogP contribution < -0.4 is 5.32 Å². The molecule has 3 heterocycles. The Labute approximate surface area is 137 Å². The van der Waals surface area contributed by atoms with Gasteiger partial charge in [0.25, 0.3) is 5.91 Å². The first-order chi connectivity index (χ1) is 10.8. The van der Waals surface area contributed by atoms with Gasteiger partial charge in [-0.05, 0) is 75.5 Å². The van der Waals surface area contributed by atoms with E-state index < -0.39 is 0 Å². The van der Waals surface area contributed by atoms with Crippen LogP contribution in [0.2, 0.25) is 0 Å². The first kappa shape index (κ1) is 14.7. The zero-order valence-electron chi connectivity index (χ0n) is 13.3. The second-order valence-corrected chi connectivity index (χ2v) is 8.24. The standard InChI is InChI=1S/C18H26N2OS/c21-18(17-12-14-4-1-2-6-16(14)22-17)20-10-7-13(8-11-20)15-5-3-9-19-15/h12-13,15,19H,1-11H2. The molecule has 1 aromatic rings. The van der Waals surface area contributed by atoms with Crippen molar-refractivity contribution in [3.63, 3.8) is 0 Å². The summed E-state index contributed by atoms with van der Waals surface area (Å²) in [6.45, 7) is 3.08. The second-order valence-electron chi connectivity index (χ2n) is 7.10. The molecule has 0 aromatic carbocycles. The molecule has 0 saturated carbocycles. The van der Waals surface area contributed by atoms with Gasteiger partial charge >= 0.3 is 0 Å². The lowest BCUT2D eigenvalue weighted by Crippen LogP contribution is -2.43. The number of carbonyl (C=O) groups is 1. The minimum atomic E-state index is 0.289. The lowest BCUT2D eigenvalue weighted by Gasteiger charge is -2.34. The number of nitrogens with zero attached hydrogens (tertiary/aromatic N) is 1. The predicted molar refractivity (Wildman–Crippen MR) is 90.6 cm³/mol. The molecule has 22 heavy (non-hydrogen) atoms. The van der Waals surface area contributed by atoms with Crippen LogP contribution in [0.4, 0.5) is 0 Å². The number of hydrogen-bond donors (Lipinski definition) is 1. The number of hydrogen-bond acceptors (Lipinski definition) is 3. The summed E-state index contributed by atoms with van der Waals surface area (Å²) >= 11 is 1.76. The molecule has 1 unspecified atom stereocenters. The van der Waals surface area contributed by atoms with Gasteiger partial charge < -0.3 is 10.2 Å². The molecule has 4 rings (SSSR count). The summed E-state index contributed by atoms with van der Waals surface area (Å²) < 4.78 is 0. The largest absolute Gasteiger partial charge is 0.338 e. The van der Waals surface area contributed by atoms with Gasteiger partial charge in [-0.2, -0.15) is 0 Å². The van der Waals surface area contributed by atoms with Crippen molar-refractivity contribution < 1.29 is 4.79 Å². The zero-order valence-corrected chi connectivity index (χ0v) is 14.1. The highest BCUT2D eigenvalue weighted by Gasteiger charge is 2.31. The molecule has 1 N–H and O–H groups in total. The monoisotopic (exact) mass is 318 g/mol. The number of nitrogens with one attached hydrogen (secondary N) is 1. The average molecular weight is 318 g/mol. The van der Waals surface area contributed by atoms with Gasteiger partial charge in [0.2, 0.25) is 0 Å². The third kappa shape index (κ3) is 2.83. The van der Waals surface area contributed by atoms with Crippen LogP contribution in [-0.4, -0.2) is 36.5 Å². The van der Waals surface area contributed by atoms with E-state index in [4.69, 9.17) is 0 Å². The molecule has 0 radical (unpaired) electrons. The van der Waals surface area contributed by atoms with Crippen molar-refractivity contribution in [2.45, 2.75) is 57.4 Å². The minimum absolute atomic E-state index is 0.289. The molecular formula is C18H26N2OS. The lowest BCUT2D eigenvalue weighted by molar-refractivity contribution is 0.0679. The van der Waals surface area contributed by atoms with E-state index in [9.17, 15) is 4.79 Å². The molecule has 2 saturated heterocycles. The molecule has 1 atom stereocenters. The van der Waals surface area contributed by atoms with E-state index in [1.165, 1.54) is 68.4 Å². The Balaban J connectivity index is 1.38. The van der Waals surface area contributed by atoms with E-state index in [2.05, 4.69) is 16.3 Å². The third-order valence-electron chi connectivity index (χ3n) is 5.70. The summed E-state index contributed by atoms with van der Waals surface area (Å²) in [5, 5.41) is 3.63. The molecule has 0 bridgehead atoms. The number of likely N-dealkylation sites (tertiary alicyclic amines) is 1. The Kier molecular flexibility index (Phi) is 4.23. The second kappa shape index (κ2) is 6.32. The fraction of sp³-hybridized carbons (Fsp3) is 0.722. The molecule has 120 valence electrons. The van der Waals surface area contributed by atoms with Crippen molar-refractivity contribution in [1.82, 2.24) is 10.2 Å². The summed E-state index contributed by atoms with van der Waals surface area (Å²) in [6, 6.07) is 2.90. The summed E-state index contributed by atoms with van der Waals surface area (Å²) in [6.07, 6.45) is 9.94. The summed E-state index contributed by atoms with van der Waals surface area (Å²) in [5.41, 5.74) is 1.45. The molecular weight excluding hydrogens is 292 g/mol. The lowest BCUT2D eigenvalue weighted by atomic mass is 9.88. The summed E-state index contributed by atoms with van der Waals surface area (Å²) in [5.74, 6) is 1.07. The Bertz CT molecular complexity index is 516. The molecule has 4 heteroatoms. The van der Waals surface area contributed by atoms with Crippen LogP contribution in [0.3, 0.4) is 0 Å². The number of carbonyl (C=O) groups excluding carboxylic acids is 1. The quantitative estimate of drug-likeness (QED) is 0.908. The zero-order chi connectivity index (χ0) is 14.9. The van der Waals surface area contributed by atoms with Crippen LogP contribution in [0, 0.1) is 5.92 Å². The normalized spacial score (nSPS) is 26.2. The Morgan fingerprint density at radius 1 is 1.14 bits per heavy atom. The predicted octanol–water partition coefficient (Wildman–Crippen LogP) is 3.23. The molecule has 0 spiro atoms. The highest BCUT2D eigenvalue weighted by molar-refractivity contribution is 7.14. The fourth-order valence-corrected chi connectivity index (χ4v) is 5.59. The molecule has 2 aliphatic heterocycles. The first-order valence-electron chi connectivity index (χ1n) is 8.95. The van der Waals surface area contributed by atoms with Gasteiger partial charge in [-0.25, -0.2) is 0 Å². The highest BCUT2D eigenvalue weighted by Crippen LogP contribution is 2.32. The Morgan fingerprint density at radius 2 is 1.95 bits per heavy atom. The smallest absolute Gasteiger partial charge is 0.263 e. The van der Waals surface area contributed by atoms with Gasteiger partial charge in [0, 0.05) is 24.0 Å². The van der Waals surface area contributed by atoms with Crippen molar-refractivity contribution >= 4 is 17.2 Å². The van der Waals surface area contributed by atoms with Crippen molar-refractivity contribution in [1.29, 1.82) is 0 Å². The van der Waals surface area contributed by atoms with Crippen LogP contribution in [0.5, 0.6) is 0 Å². The summed E-state index contributed by atoms with van der Waals surface area (Å²) in [7, 11) is 0. The van der Waals surface area contributed by atoms with Crippen LogP contribution in [0.1, 0.15) is 58.6 Å². The Morgan fingerprint density at radius 3 is 2.68 bits per heavy atom. The number of piperidine rings is 1.